The standard InChI is InChI=1S/C20H19I2NO5/c1-3-27-18-10-14(9-17(20(25)26)23-12(2)24)8-16(22)19(18)28-11-13-4-6-15(21)7-5-13/h4-10H,3,11H2,1-2H3,(H,23,24)(H,25,26). The number of carboxylic acids is 1. The van der Waals surface area contributed by atoms with Crippen molar-refractivity contribution in [3.05, 3.63) is 60.4 Å². The first-order chi connectivity index (χ1) is 13.3. The van der Waals surface area contributed by atoms with Crippen molar-refractivity contribution in [1.29, 1.82) is 0 Å². The van der Waals surface area contributed by atoms with E-state index in [1.165, 1.54) is 13.0 Å². The van der Waals surface area contributed by atoms with E-state index in [4.69, 9.17) is 9.47 Å². The minimum atomic E-state index is -1.22. The molecule has 28 heavy (non-hydrogen) atoms. The van der Waals surface area contributed by atoms with Gasteiger partial charge in [0, 0.05) is 10.5 Å². The van der Waals surface area contributed by atoms with Gasteiger partial charge in [-0.05, 0) is 93.6 Å². The van der Waals surface area contributed by atoms with Crippen LogP contribution >= 0.6 is 45.2 Å². The van der Waals surface area contributed by atoms with E-state index in [1.54, 1.807) is 12.1 Å². The summed E-state index contributed by atoms with van der Waals surface area (Å²) in [6, 6.07) is 11.5. The van der Waals surface area contributed by atoms with Crippen LogP contribution in [0.1, 0.15) is 25.0 Å². The molecule has 0 saturated heterocycles. The minimum absolute atomic E-state index is 0.210. The zero-order valence-corrected chi connectivity index (χ0v) is 19.6. The number of halogens is 2. The lowest BCUT2D eigenvalue weighted by Gasteiger charge is -2.15. The van der Waals surface area contributed by atoms with Crippen molar-refractivity contribution in [2.24, 2.45) is 0 Å². The van der Waals surface area contributed by atoms with E-state index in [2.05, 4.69) is 50.5 Å². The predicted octanol–water partition coefficient (Wildman–Crippen LogP) is 4.44. The van der Waals surface area contributed by atoms with Crippen molar-refractivity contribution in [2.75, 3.05) is 6.61 Å². The number of carbonyl (C=O) groups excluding carboxylic acids is 1. The summed E-state index contributed by atoms with van der Waals surface area (Å²) in [5, 5.41) is 11.6. The molecule has 0 fully saturated rings. The normalized spacial score (nSPS) is 11.1. The Morgan fingerprint density at radius 2 is 1.82 bits per heavy atom. The van der Waals surface area contributed by atoms with Crippen LogP contribution in [0.3, 0.4) is 0 Å². The molecule has 0 unspecified atom stereocenters. The second kappa shape index (κ2) is 10.6. The van der Waals surface area contributed by atoms with E-state index in [0.29, 0.717) is 30.3 Å². The van der Waals surface area contributed by atoms with E-state index in [1.807, 2.05) is 31.2 Å². The summed E-state index contributed by atoms with van der Waals surface area (Å²) in [6.45, 7) is 3.93. The Hall–Kier alpha value is -1.82. The van der Waals surface area contributed by atoms with Crippen molar-refractivity contribution in [2.45, 2.75) is 20.5 Å². The molecule has 8 heteroatoms. The number of hydrogen-bond donors (Lipinski definition) is 2. The van der Waals surface area contributed by atoms with Crippen LogP contribution in [-0.2, 0) is 16.2 Å². The summed E-state index contributed by atoms with van der Waals surface area (Å²) in [5.41, 5.74) is 1.40. The molecule has 2 aromatic rings. The average Bonchev–Trinajstić information content (AvgIpc) is 2.62. The monoisotopic (exact) mass is 607 g/mol. The lowest BCUT2D eigenvalue weighted by molar-refractivity contribution is -0.134. The van der Waals surface area contributed by atoms with Crippen LogP contribution in [-0.4, -0.2) is 23.6 Å². The van der Waals surface area contributed by atoms with Gasteiger partial charge in [0.1, 0.15) is 12.3 Å². The molecule has 0 aliphatic heterocycles. The van der Waals surface area contributed by atoms with Crippen LogP contribution in [0.15, 0.2) is 42.1 Å². The van der Waals surface area contributed by atoms with Crippen LogP contribution in [0.4, 0.5) is 0 Å². The fraction of sp³-hybridized carbons (Fsp3) is 0.200. The molecule has 0 aromatic heterocycles. The Morgan fingerprint density at radius 1 is 1.14 bits per heavy atom. The maximum Gasteiger partial charge on any atom is 0.352 e. The quantitative estimate of drug-likeness (QED) is 0.343. The number of nitrogens with one attached hydrogen (secondary N) is 1. The number of carboxylic acid groups (broad SMARTS) is 1. The van der Waals surface area contributed by atoms with Crippen molar-refractivity contribution in [1.82, 2.24) is 5.32 Å². The van der Waals surface area contributed by atoms with Crippen LogP contribution in [0.5, 0.6) is 11.5 Å². The predicted molar refractivity (Wildman–Crippen MR) is 123 cm³/mol. The highest BCUT2D eigenvalue weighted by Gasteiger charge is 2.14. The molecule has 0 heterocycles. The van der Waals surface area contributed by atoms with Gasteiger partial charge in [-0.1, -0.05) is 12.1 Å². The first-order valence-electron chi connectivity index (χ1n) is 8.36. The van der Waals surface area contributed by atoms with Crippen LogP contribution < -0.4 is 14.8 Å². The number of carbonyl (C=O) groups is 2. The maximum atomic E-state index is 11.3. The summed E-state index contributed by atoms with van der Waals surface area (Å²) in [4.78, 5) is 22.6. The lowest BCUT2D eigenvalue weighted by atomic mass is 10.1. The van der Waals surface area contributed by atoms with Gasteiger partial charge < -0.3 is 19.9 Å². The Balaban J connectivity index is 2.33. The van der Waals surface area contributed by atoms with E-state index in [0.717, 1.165) is 12.7 Å². The molecule has 148 valence electrons. The van der Waals surface area contributed by atoms with Gasteiger partial charge in [-0.25, -0.2) is 4.79 Å². The number of aliphatic carboxylic acids is 1. The third-order valence-electron chi connectivity index (χ3n) is 3.48. The molecule has 0 saturated carbocycles. The van der Waals surface area contributed by atoms with Gasteiger partial charge in [0.15, 0.2) is 11.5 Å². The molecular formula is C20H19I2NO5. The Morgan fingerprint density at radius 3 is 2.39 bits per heavy atom. The molecule has 6 nitrogen and oxygen atoms in total. The third-order valence-corrected chi connectivity index (χ3v) is 5.00. The Kier molecular flexibility index (Phi) is 8.55. The maximum absolute atomic E-state index is 11.3. The lowest BCUT2D eigenvalue weighted by Crippen LogP contribution is -2.24. The van der Waals surface area contributed by atoms with Crippen LogP contribution in [0, 0.1) is 7.14 Å². The molecule has 2 aromatic carbocycles. The molecule has 2 rings (SSSR count). The molecule has 0 aliphatic carbocycles. The smallest absolute Gasteiger partial charge is 0.352 e. The number of hydrogen-bond acceptors (Lipinski definition) is 4. The van der Waals surface area contributed by atoms with Gasteiger partial charge in [0.2, 0.25) is 5.91 Å². The number of rotatable bonds is 8. The summed E-state index contributed by atoms with van der Waals surface area (Å²) in [5.74, 6) is -0.568. The SMILES string of the molecule is CCOc1cc(C=C(NC(C)=O)C(=O)O)cc(I)c1OCc1ccc(I)cc1. The van der Waals surface area contributed by atoms with Crippen LogP contribution in [0.25, 0.3) is 6.08 Å². The van der Waals surface area contributed by atoms with Crippen molar-refractivity contribution in [3.63, 3.8) is 0 Å². The van der Waals surface area contributed by atoms with Gasteiger partial charge >= 0.3 is 5.97 Å². The Bertz CT molecular complexity index is 894. The largest absolute Gasteiger partial charge is 0.490 e. The molecule has 1 amide bonds. The van der Waals surface area contributed by atoms with Gasteiger partial charge in [0.05, 0.1) is 10.2 Å². The molecule has 0 atom stereocenters. The average molecular weight is 607 g/mol. The van der Waals surface area contributed by atoms with Crippen molar-refractivity contribution >= 4 is 63.1 Å². The molecule has 0 aliphatic rings. The molecule has 0 bridgehead atoms. The van der Waals surface area contributed by atoms with Crippen LogP contribution in [0.2, 0.25) is 0 Å². The molecule has 0 radical (unpaired) electrons. The summed E-state index contributed by atoms with van der Waals surface area (Å²) >= 11 is 4.37. The summed E-state index contributed by atoms with van der Waals surface area (Å²) in [6.07, 6.45) is 1.39. The second-order valence-electron chi connectivity index (χ2n) is 5.72. The van der Waals surface area contributed by atoms with Gasteiger partial charge in [-0.15, -0.1) is 0 Å². The highest BCUT2D eigenvalue weighted by Crippen LogP contribution is 2.35. The molecular weight excluding hydrogens is 588 g/mol. The summed E-state index contributed by atoms with van der Waals surface area (Å²) in [7, 11) is 0. The minimum Gasteiger partial charge on any atom is -0.490 e. The number of benzene rings is 2. The third kappa shape index (κ3) is 6.66. The van der Waals surface area contributed by atoms with Gasteiger partial charge in [0.25, 0.3) is 0 Å². The molecule has 2 N–H and O–H groups in total. The first kappa shape index (κ1) is 22.5. The van der Waals surface area contributed by atoms with E-state index in [-0.39, 0.29) is 5.70 Å². The highest BCUT2D eigenvalue weighted by molar-refractivity contribution is 14.1. The highest BCUT2D eigenvalue weighted by atomic mass is 127. The zero-order chi connectivity index (χ0) is 20.7. The van der Waals surface area contributed by atoms with E-state index >= 15 is 0 Å². The van der Waals surface area contributed by atoms with E-state index in [9.17, 15) is 14.7 Å². The zero-order valence-electron chi connectivity index (χ0n) is 15.3. The second-order valence-corrected chi connectivity index (χ2v) is 8.13. The summed E-state index contributed by atoms with van der Waals surface area (Å²) < 4.78 is 13.6. The van der Waals surface area contributed by atoms with Crippen molar-refractivity contribution in [3.8, 4) is 11.5 Å². The van der Waals surface area contributed by atoms with Gasteiger partial charge in [-0.3, -0.25) is 4.79 Å². The fourth-order valence-corrected chi connectivity index (χ4v) is 3.46. The fourth-order valence-electron chi connectivity index (χ4n) is 2.32. The Labute approximate surface area is 190 Å². The first-order valence-corrected chi connectivity index (χ1v) is 10.5. The van der Waals surface area contributed by atoms with E-state index < -0.39 is 11.9 Å². The van der Waals surface area contributed by atoms with Gasteiger partial charge in [-0.2, -0.15) is 0 Å². The number of amides is 1. The molecule has 0 spiro atoms. The van der Waals surface area contributed by atoms with Crippen molar-refractivity contribution < 1.29 is 24.2 Å². The topological polar surface area (TPSA) is 84.9 Å². The number of ether oxygens (including phenoxy) is 2.